The summed E-state index contributed by atoms with van der Waals surface area (Å²) in [6, 6.07) is 6.08. The number of thioether (sulfide) groups is 1. The highest BCUT2D eigenvalue weighted by Gasteiger charge is 2.41. The summed E-state index contributed by atoms with van der Waals surface area (Å²) in [6.07, 6.45) is 2.93. The molecule has 2 aromatic rings. The zero-order chi connectivity index (χ0) is 24.6. The zero-order valence-electron chi connectivity index (χ0n) is 20.7. The second-order valence-corrected chi connectivity index (χ2v) is 11.7. The Morgan fingerprint density at radius 1 is 1.00 bits per heavy atom. The van der Waals surface area contributed by atoms with E-state index in [-0.39, 0.29) is 0 Å². The summed E-state index contributed by atoms with van der Waals surface area (Å²) >= 11 is 1.80. The number of aromatic nitrogens is 3. The van der Waals surface area contributed by atoms with Crippen molar-refractivity contribution < 1.29 is 13.2 Å². The number of hydrogen-bond acceptors (Lipinski definition) is 5. The first-order valence-electron chi connectivity index (χ1n) is 13.0. The van der Waals surface area contributed by atoms with E-state index in [1.807, 2.05) is 0 Å². The van der Waals surface area contributed by atoms with Crippen molar-refractivity contribution >= 4 is 17.4 Å². The second kappa shape index (κ2) is 10.3. The second-order valence-electron chi connectivity index (χ2n) is 10.7. The van der Waals surface area contributed by atoms with Crippen molar-refractivity contribution in [2.75, 3.05) is 36.8 Å². The highest BCUT2D eigenvalue weighted by molar-refractivity contribution is 7.99. The van der Waals surface area contributed by atoms with Gasteiger partial charge in [-0.3, -0.25) is 0 Å². The van der Waals surface area contributed by atoms with Gasteiger partial charge in [0, 0.05) is 50.1 Å². The molecule has 3 fully saturated rings. The molecule has 2 aliphatic heterocycles. The lowest BCUT2D eigenvalue weighted by Gasteiger charge is -2.27. The number of hydrogen-bond donors (Lipinski definition) is 0. The first-order chi connectivity index (χ1) is 16.8. The Hall–Kier alpha value is -1.74. The van der Waals surface area contributed by atoms with E-state index in [0.29, 0.717) is 17.9 Å². The third-order valence-corrected chi connectivity index (χ3v) is 9.36. The average Bonchev–Trinajstić information content (AvgIpc) is 3.51. The molecule has 0 spiro atoms. The molecule has 0 N–H and O–H groups in total. The van der Waals surface area contributed by atoms with Crippen LogP contribution >= 0.6 is 11.8 Å². The van der Waals surface area contributed by atoms with Gasteiger partial charge in [-0.1, -0.05) is 31.5 Å². The van der Waals surface area contributed by atoms with E-state index in [4.69, 9.17) is 0 Å². The highest BCUT2D eigenvalue weighted by Crippen LogP contribution is 2.38. The molecule has 2 saturated heterocycles. The first-order valence-corrected chi connectivity index (χ1v) is 14.0. The van der Waals surface area contributed by atoms with Crippen LogP contribution in [0, 0.1) is 11.8 Å². The van der Waals surface area contributed by atoms with Gasteiger partial charge in [-0.2, -0.15) is 13.2 Å². The summed E-state index contributed by atoms with van der Waals surface area (Å²) in [5.74, 6) is 4.15. The van der Waals surface area contributed by atoms with Gasteiger partial charge in [0.1, 0.15) is 5.82 Å². The predicted molar refractivity (Wildman–Crippen MR) is 134 cm³/mol. The fourth-order valence-corrected chi connectivity index (χ4v) is 7.01. The molecule has 1 aliphatic carbocycles. The normalized spacial score (nSPS) is 27.5. The molecule has 3 heterocycles. The lowest BCUT2D eigenvalue weighted by atomic mass is 9.82. The minimum atomic E-state index is -4.28. The van der Waals surface area contributed by atoms with Crippen molar-refractivity contribution in [3.8, 4) is 0 Å². The van der Waals surface area contributed by atoms with Gasteiger partial charge >= 0.3 is 6.18 Å². The van der Waals surface area contributed by atoms with Gasteiger partial charge in [-0.05, 0) is 68.3 Å². The molecule has 192 valence electrons. The summed E-state index contributed by atoms with van der Waals surface area (Å²) < 4.78 is 40.9. The first kappa shape index (κ1) is 24.9. The lowest BCUT2D eigenvalue weighted by Crippen LogP contribution is -2.35. The maximum Gasteiger partial charge on any atom is 0.416 e. The molecule has 3 aliphatic rings. The predicted octanol–water partition coefficient (Wildman–Crippen LogP) is 5.82. The van der Waals surface area contributed by atoms with E-state index in [1.165, 1.54) is 37.8 Å². The monoisotopic (exact) mass is 507 g/mol. The van der Waals surface area contributed by atoms with Crippen LogP contribution in [0.25, 0.3) is 0 Å². The third kappa shape index (κ3) is 5.50. The largest absolute Gasteiger partial charge is 0.416 e. The van der Waals surface area contributed by atoms with Gasteiger partial charge in [0.05, 0.1) is 5.56 Å². The summed E-state index contributed by atoms with van der Waals surface area (Å²) in [6.45, 7) is 6.39. The number of alkyl halides is 3. The highest BCUT2D eigenvalue weighted by atomic mass is 32.2. The Kier molecular flexibility index (Phi) is 7.35. The lowest BCUT2D eigenvalue weighted by molar-refractivity contribution is -0.137. The number of halogens is 3. The van der Waals surface area contributed by atoms with Crippen LogP contribution in [0.15, 0.2) is 29.4 Å². The van der Waals surface area contributed by atoms with Gasteiger partial charge in [0.15, 0.2) is 5.16 Å². The van der Waals surface area contributed by atoms with Crippen LogP contribution in [0.2, 0.25) is 0 Å². The fourth-order valence-electron chi connectivity index (χ4n) is 6.17. The van der Waals surface area contributed by atoms with Gasteiger partial charge in [-0.25, -0.2) is 0 Å². The van der Waals surface area contributed by atoms with Crippen LogP contribution in [0.4, 0.5) is 18.9 Å². The van der Waals surface area contributed by atoms with Crippen LogP contribution in [0.5, 0.6) is 0 Å². The molecule has 0 radical (unpaired) electrons. The molecular weight excluding hydrogens is 471 g/mol. The molecule has 0 unspecified atom stereocenters. The summed E-state index contributed by atoms with van der Waals surface area (Å²) in [5, 5.41) is 10.0. The number of nitrogens with zero attached hydrogens (tertiary/aromatic N) is 5. The molecule has 35 heavy (non-hydrogen) atoms. The van der Waals surface area contributed by atoms with Crippen molar-refractivity contribution in [2.24, 2.45) is 18.9 Å². The quantitative estimate of drug-likeness (QED) is 0.349. The summed E-state index contributed by atoms with van der Waals surface area (Å²) in [7, 11) is 2.10. The van der Waals surface area contributed by atoms with E-state index < -0.39 is 11.7 Å². The summed E-state index contributed by atoms with van der Waals surface area (Å²) in [4.78, 5) is 4.84. The maximum atomic E-state index is 12.9. The van der Waals surface area contributed by atoms with Gasteiger partial charge in [0.25, 0.3) is 0 Å². The van der Waals surface area contributed by atoms with Crippen LogP contribution in [0.1, 0.15) is 62.8 Å². The van der Waals surface area contributed by atoms with Crippen molar-refractivity contribution in [1.29, 1.82) is 0 Å². The van der Waals surface area contributed by atoms with Crippen LogP contribution in [-0.4, -0.2) is 57.6 Å². The van der Waals surface area contributed by atoms with Crippen molar-refractivity contribution in [2.45, 2.75) is 68.7 Å². The zero-order valence-corrected chi connectivity index (χ0v) is 21.5. The maximum absolute atomic E-state index is 12.9. The minimum Gasteiger partial charge on any atom is -0.367 e. The Bertz CT molecular complexity index is 984. The number of anilines is 1. The Morgan fingerprint density at radius 2 is 1.74 bits per heavy atom. The number of benzene rings is 1. The molecular formula is C26H36F3N5S. The minimum absolute atomic E-state index is 0.402. The average molecular weight is 508 g/mol. The van der Waals surface area contributed by atoms with Crippen LogP contribution in [-0.2, 0) is 13.2 Å². The van der Waals surface area contributed by atoms with Gasteiger partial charge < -0.3 is 14.4 Å². The molecule has 0 amide bonds. The Morgan fingerprint density at radius 3 is 2.46 bits per heavy atom. The van der Waals surface area contributed by atoms with E-state index in [2.05, 4.69) is 38.5 Å². The molecule has 9 heteroatoms. The topological polar surface area (TPSA) is 37.2 Å². The summed E-state index contributed by atoms with van der Waals surface area (Å²) in [5.41, 5.74) is 0.333. The molecule has 5 nitrogen and oxygen atoms in total. The molecule has 0 bridgehead atoms. The fraction of sp³-hybridized carbons (Fsp3) is 0.692. The smallest absolute Gasteiger partial charge is 0.367 e. The molecule has 1 saturated carbocycles. The van der Waals surface area contributed by atoms with Crippen molar-refractivity contribution in [3.63, 3.8) is 0 Å². The van der Waals surface area contributed by atoms with E-state index >= 15 is 0 Å². The van der Waals surface area contributed by atoms with E-state index in [0.717, 1.165) is 67.4 Å². The van der Waals surface area contributed by atoms with Gasteiger partial charge in [0.2, 0.25) is 0 Å². The van der Waals surface area contributed by atoms with E-state index in [1.54, 1.807) is 23.9 Å². The molecule has 1 aromatic carbocycles. The molecule has 2 atom stereocenters. The Labute approximate surface area is 210 Å². The standard InChI is InChI=1S/C26H36F3N5S/c1-18-4-6-19(7-5-18)24-30-31-25(32(24)2)35-15-3-13-33-16-20-12-14-34(23(20)17-33)22-10-8-21(9-11-22)26(27,28)29/h8-11,18-20,23H,3-7,12-17H2,1-2H3/t18?,19?,20-,23+/m1/s1. The van der Waals surface area contributed by atoms with Gasteiger partial charge in [-0.15, -0.1) is 10.2 Å². The molecule has 5 rings (SSSR count). The van der Waals surface area contributed by atoms with E-state index in [9.17, 15) is 13.2 Å². The Balaban J connectivity index is 1.08. The molecule has 1 aromatic heterocycles. The SMILES string of the molecule is CC1CCC(c2nnc(SCCCN3C[C@H]4CCN(c5ccc(C(F)(F)F)cc5)[C@H]4C3)n2C)CC1. The number of likely N-dealkylation sites (tertiary alicyclic amines) is 1. The number of rotatable bonds is 7. The third-order valence-electron chi connectivity index (χ3n) is 8.25. The van der Waals surface area contributed by atoms with Crippen LogP contribution < -0.4 is 4.90 Å². The number of fused-ring (bicyclic) bond motifs is 1. The van der Waals surface area contributed by atoms with Crippen LogP contribution in [0.3, 0.4) is 0 Å². The van der Waals surface area contributed by atoms with Crippen molar-refractivity contribution in [1.82, 2.24) is 19.7 Å². The van der Waals surface area contributed by atoms with Crippen molar-refractivity contribution in [3.05, 3.63) is 35.7 Å².